The largest absolute Gasteiger partial charge is 0.573 e. The molecule has 0 bridgehead atoms. The number of hydrogen-bond acceptors (Lipinski definition) is 1. The average Bonchev–Trinajstić information content (AvgIpc) is 2.69. The summed E-state index contributed by atoms with van der Waals surface area (Å²) in [6.07, 6.45) is 2.83. The van der Waals surface area contributed by atoms with E-state index in [9.17, 15) is 22.0 Å². The van der Waals surface area contributed by atoms with E-state index in [0.29, 0.717) is 24.0 Å². The van der Waals surface area contributed by atoms with Crippen molar-refractivity contribution in [3.8, 4) is 5.75 Å². The summed E-state index contributed by atoms with van der Waals surface area (Å²) in [7, 11) is 0. The van der Waals surface area contributed by atoms with E-state index in [1.54, 1.807) is 6.07 Å². The maximum atomic E-state index is 14.8. The highest BCUT2D eigenvalue weighted by Gasteiger charge is 2.34. The number of unbranched alkanes of at least 4 members (excludes halogenated alkanes) is 4. The zero-order valence-corrected chi connectivity index (χ0v) is 17.1. The first-order valence-corrected chi connectivity index (χ1v) is 10.6. The van der Waals surface area contributed by atoms with Crippen molar-refractivity contribution in [2.24, 2.45) is 0 Å². The molecule has 1 aliphatic carbocycles. The molecule has 3 rings (SSSR count). The van der Waals surface area contributed by atoms with Gasteiger partial charge in [-0.25, -0.2) is 8.78 Å². The minimum absolute atomic E-state index is 0.120. The Labute approximate surface area is 174 Å². The second-order valence-electron chi connectivity index (χ2n) is 8.02. The third kappa shape index (κ3) is 5.73. The molecule has 2 aromatic rings. The van der Waals surface area contributed by atoms with E-state index >= 15 is 0 Å². The first-order chi connectivity index (χ1) is 14.3. The molecule has 0 N–H and O–H groups in total. The van der Waals surface area contributed by atoms with E-state index < -0.39 is 17.9 Å². The molecule has 30 heavy (non-hydrogen) atoms. The van der Waals surface area contributed by atoms with Gasteiger partial charge in [-0.05, 0) is 72.4 Å². The average molecular weight is 426 g/mol. The topological polar surface area (TPSA) is 9.23 Å². The Morgan fingerprint density at radius 3 is 2.47 bits per heavy atom. The minimum Gasteiger partial charge on any atom is -0.403 e. The molecule has 6 heteroatoms. The number of halogens is 5. The van der Waals surface area contributed by atoms with Crippen molar-refractivity contribution in [2.75, 3.05) is 0 Å². The van der Waals surface area contributed by atoms with Gasteiger partial charge < -0.3 is 4.74 Å². The lowest BCUT2D eigenvalue weighted by Crippen LogP contribution is -2.20. The highest BCUT2D eigenvalue weighted by atomic mass is 19.4. The standard InChI is InChI=1S/C24H27F5O/c1-2-3-4-5-6-7-16-8-11-19(21(25)14-16)17-9-12-20-18(15-17)10-13-22(23(20)26)30-24(27,28)29/h8,10-11,13-14,17H,2-7,9,12,15H2,1H3. The molecule has 0 spiro atoms. The third-order valence-electron chi connectivity index (χ3n) is 5.81. The van der Waals surface area contributed by atoms with Crippen LogP contribution in [0.3, 0.4) is 0 Å². The van der Waals surface area contributed by atoms with Crippen LogP contribution in [0.4, 0.5) is 22.0 Å². The fourth-order valence-electron chi connectivity index (χ4n) is 4.25. The van der Waals surface area contributed by atoms with Crippen molar-refractivity contribution < 1.29 is 26.7 Å². The number of benzene rings is 2. The Morgan fingerprint density at radius 2 is 1.77 bits per heavy atom. The number of fused-ring (bicyclic) bond motifs is 1. The fourth-order valence-corrected chi connectivity index (χ4v) is 4.25. The Morgan fingerprint density at radius 1 is 1.00 bits per heavy atom. The maximum absolute atomic E-state index is 14.8. The van der Waals surface area contributed by atoms with Gasteiger partial charge in [-0.15, -0.1) is 13.2 Å². The van der Waals surface area contributed by atoms with Crippen molar-refractivity contribution >= 4 is 0 Å². The van der Waals surface area contributed by atoms with Crippen LogP contribution < -0.4 is 4.74 Å². The van der Waals surface area contributed by atoms with Crippen LogP contribution in [0, 0.1) is 11.6 Å². The summed E-state index contributed by atoms with van der Waals surface area (Å²) in [5.41, 5.74) is 2.41. The maximum Gasteiger partial charge on any atom is 0.573 e. The molecule has 0 heterocycles. The highest BCUT2D eigenvalue weighted by Crippen LogP contribution is 2.38. The summed E-state index contributed by atoms with van der Waals surface area (Å²) in [6.45, 7) is 2.17. The summed E-state index contributed by atoms with van der Waals surface area (Å²) in [5.74, 6) is -2.16. The Hall–Kier alpha value is -2.11. The lowest BCUT2D eigenvalue weighted by molar-refractivity contribution is -0.275. The van der Waals surface area contributed by atoms with Crippen molar-refractivity contribution in [2.45, 2.75) is 77.0 Å². The number of ether oxygens (including phenoxy) is 1. The lowest BCUT2D eigenvalue weighted by Gasteiger charge is -2.26. The molecule has 1 nitrogen and oxygen atoms in total. The van der Waals surface area contributed by atoms with Crippen molar-refractivity contribution in [1.29, 1.82) is 0 Å². The number of rotatable bonds is 8. The molecule has 1 atom stereocenters. The van der Waals surface area contributed by atoms with E-state index in [-0.39, 0.29) is 23.7 Å². The van der Waals surface area contributed by atoms with Crippen LogP contribution in [0.5, 0.6) is 5.75 Å². The number of aryl methyl sites for hydroxylation is 1. The smallest absolute Gasteiger partial charge is 0.403 e. The summed E-state index contributed by atoms with van der Waals surface area (Å²) < 4.78 is 70.2. The first-order valence-electron chi connectivity index (χ1n) is 10.6. The van der Waals surface area contributed by atoms with Crippen LogP contribution in [0.25, 0.3) is 0 Å². The minimum atomic E-state index is -4.94. The molecule has 164 valence electrons. The Balaban J connectivity index is 1.67. The number of alkyl halides is 3. The summed E-state index contributed by atoms with van der Waals surface area (Å²) in [5, 5.41) is 0. The fraction of sp³-hybridized carbons (Fsp3) is 0.500. The first kappa shape index (κ1) is 22.6. The Bertz CT molecular complexity index is 859. The van der Waals surface area contributed by atoms with E-state index in [1.807, 2.05) is 12.1 Å². The van der Waals surface area contributed by atoms with Crippen LogP contribution in [0.15, 0.2) is 30.3 Å². The zero-order valence-electron chi connectivity index (χ0n) is 17.1. The number of hydrogen-bond donors (Lipinski definition) is 0. The van der Waals surface area contributed by atoms with E-state index in [2.05, 4.69) is 11.7 Å². The molecule has 1 unspecified atom stereocenters. The second-order valence-corrected chi connectivity index (χ2v) is 8.02. The van der Waals surface area contributed by atoms with Gasteiger partial charge in [-0.1, -0.05) is 50.8 Å². The molecular weight excluding hydrogens is 399 g/mol. The van der Waals surface area contributed by atoms with Crippen LogP contribution in [-0.4, -0.2) is 6.36 Å². The van der Waals surface area contributed by atoms with Gasteiger partial charge in [-0.3, -0.25) is 0 Å². The third-order valence-corrected chi connectivity index (χ3v) is 5.81. The van der Waals surface area contributed by atoms with Gasteiger partial charge in [0.1, 0.15) is 5.82 Å². The van der Waals surface area contributed by atoms with E-state index in [4.69, 9.17) is 0 Å². The van der Waals surface area contributed by atoms with Gasteiger partial charge in [0.15, 0.2) is 11.6 Å². The predicted octanol–water partition coefficient (Wildman–Crippen LogP) is 7.65. The molecule has 1 aliphatic rings. The molecule has 0 aliphatic heterocycles. The molecule has 0 saturated carbocycles. The summed E-state index contributed by atoms with van der Waals surface area (Å²) >= 11 is 0. The van der Waals surface area contributed by atoms with Gasteiger partial charge in [-0.2, -0.15) is 0 Å². The Kier molecular flexibility index (Phi) is 7.37. The molecule has 2 aromatic carbocycles. The molecule has 0 aromatic heterocycles. The van der Waals surface area contributed by atoms with Crippen molar-refractivity contribution in [3.63, 3.8) is 0 Å². The van der Waals surface area contributed by atoms with Crippen molar-refractivity contribution in [1.82, 2.24) is 0 Å². The lowest BCUT2D eigenvalue weighted by atomic mass is 9.79. The normalized spacial score (nSPS) is 16.4. The molecule has 0 amide bonds. The van der Waals surface area contributed by atoms with Crippen LogP contribution in [-0.2, 0) is 19.3 Å². The monoisotopic (exact) mass is 426 g/mol. The van der Waals surface area contributed by atoms with Crippen molar-refractivity contribution in [3.05, 3.63) is 64.2 Å². The van der Waals surface area contributed by atoms with Gasteiger partial charge in [0, 0.05) is 0 Å². The molecule has 0 radical (unpaired) electrons. The van der Waals surface area contributed by atoms with Gasteiger partial charge >= 0.3 is 6.36 Å². The quantitative estimate of drug-likeness (QED) is 0.311. The van der Waals surface area contributed by atoms with E-state index in [1.165, 1.54) is 25.3 Å². The molecular formula is C24H27F5O. The van der Waals surface area contributed by atoms with Crippen LogP contribution >= 0.6 is 0 Å². The van der Waals surface area contributed by atoms with Gasteiger partial charge in [0.2, 0.25) is 0 Å². The molecule has 0 saturated heterocycles. The van der Waals surface area contributed by atoms with Crippen LogP contribution in [0.1, 0.15) is 73.6 Å². The second kappa shape index (κ2) is 9.80. The predicted molar refractivity (Wildman–Crippen MR) is 107 cm³/mol. The summed E-state index contributed by atoms with van der Waals surface area (Å²) in [4.78, 5) is 0. The molecule has 0 fully saturated rings. The highest BCUT2D eigenvalue weighted by molar-refractivity contribution is 5.41. The van der Waals surface area contributed by atoms with Gasteiger partial charge in [0.05, 0.1) is 0 Å². The van der Waals surface area contributed by atoms with Crippen LogP contribution in [0.2, 0.25) is 0 Å². The SMILES string of the molecule is CCCCCCCc1ccc(C2CCc3c(ccc(OC(F)(F)F)c3F)C2)c(F)c1. The van der Waals surface area contributed by atoms with Gasteiger partial charge in [0.25, 0.3) is 0 Å². The summed E-state index contributed by atoms with van der Waals surface area (Å²) in [6, 6.07) is 7.81. The zero-order chi connectivity index (χ0) is 21.7. The van der Waals surface area contributed by atoms with E-state index in [0.717, 1.165) is 30.9 Å².